The molecule has 1 heterocycles. The number of aromatic nitrogens is 1. The Hall–Kier alpha value is -5.22. The standard InChI is InChI=1S/C32H28N4O5S/c1-2-41-32(40)24-13-15-25(16-14-24)34-29(37)21-42-27-12-6-11-26(19-27)35-31(39)28(18-22-8-7-17-33-20-22)36-30(38)23-9-4-3-5-10-23/h3-20H,2,21H2,1H3,(H,34,37)(H,35,39)(H,36,38)/b28-18-. The number of rotatable bonds is 11. The minimum Gasteiger partial charge on any atom is -0.462 e. The van der Waals surface area contributed by atoms with Gasteiger partial charge in [0.2, 0.25) is 5.91 Å². The van der Waals surface area contributed by atoms with Crippen molar-refractivity contribution >= 4 is 52.9 Å². The minimum absolute atomic E-state index is 0.0447. The summed E-state index contributed by atoms with van der Waals surface area (Å²) in [6.07, 6.45) is 4.75. The molecule has 4 aromatic rings. The van der Waals surface area contributed by atoms with Crippen molar-refractivity contribution < 1.29 is 23.9 Å². The molecule has 0 spiro atoms. The van der Waals surface area contributed by atoms with E-state index in [0.717, 1.165) is 4.90 Å². The zero-order chi connectivity index (χ0) is 29.7. The molecule has 212 valence electrons. The molecule has 0 atom stereocenters. The highest BCUT2D eigenvalue weighted by Gasteiger charge is 2.16. The van der Waals surface area contributed by atoms with E-state index >= 15 is 0 Å². The van der Waals surface area contributed by atoms with Crippen LogP contribution in [0.1, 0.15) is 33.2 Å². The molecule has 4 rings (SSSR count). The molecular weight excluding hydrogens is 552 g/mol. The Morgan fingerprint density at radius 1 is 0.833 bits per heavy atom. The first-order valence-corrected chi connectivity index (χ1v) is 14.0. The van der Waals surface area contributed by atoms with Crippen LogP contribution in [0.5, 0.6) is 0 Å². The van der Waals surface area contributed by atoms with E-state index in [1.807, 2.05) is 6.07 Å². The molecule has 0 aliphatic heterocycles. The molecule has 9 nitrogen and oxygen atoms in total. The first-order chi connectivity index (χ1) is 20.4. The fourth-order valence-electron chi connectivity index (χ4n) is 3.68. The van der Waals surface area contributed by atoms with Crippen LogP contribution < -0.4 is 16.0 Å². The Balaban J connectivity index is 1.38. The first kappa shape index (κ1) is 29.8. The number of carbonyl (C=O) groups excluding carboxylic acids is 4. The van der Waals surface area contributed by atoms with Gasteiger partial charge in [-0.05, 0) is 79.2 Å². The molecule has 0 aliphatic rings. The van der Waals surface area contributed by atoms with Gasteiger partial charge in [0.25, 0.3) is 11.8 Å². The summed E-state index contributed by atoms with van der Waals surface area (Å²) in [5.41, 5.74) is 2.55. The van der Waals surface area contributed by atoms with E-state index in [4.69, 9.17) is 4.74 Å². The smallest absolute Gasteiger partial charge is 0.338 e. The van der Waals surface area contributed by atoms with Crippen LogP contribution in [0.3, 0.4) is 0 Å². The van der Waals surface area contributed by atoms with Crippen molar-refractivity contribution in [2.24, 2.45) is 0 Å². The number of carbonyl (C=O) groups is 4. The number of hydrogen-bond acceptors (Lipinski definition) is 7. The zero-order valence-electron chi connectivity index (χ0n) is 22.7. The summed E-state index contributed by atoms with van der Waals surface area (Å²) < 4.78 is 4.97. The zero-order valence-corrected chi connectivity index (χ0v) is 23.5. The summed E-state index contributed by atoms with van der Waals surface area (Å²) >= 11 is 1.29. The molecule has 0 fully saturated rings. The number of esters is 1. The predicted molar refractivity (Wildman–Crippen MR) is 163 cm³/mol. The number of anilines is 2. The van der Waals surface area contributed by atoms with E-state index in [-0.39, 0.29) is 24.0 Å². The quantitative estimate of drug-likeness (QED) is 0.123. The minimum atomic E-state index is -0.519. The number of benzene rings is 3. The SMILES string of the molecule is CCOC(=O)c1ccc(NC(=O)CSc2cccc(NC(=O)/C(=C/c3cccnc3)NC(=O)c3ccccc3)c2)cc1. The lowest BCUT2D eigenvalue weighted by molar-refractivity contribution is -0.114. The molecule has 3 aromatic carbocycles. The second-order valence-corrected chi connectivity index (χ2v) is 9.83. The van der Waals surface area contributed by atoms with Gasteiger partial charge in [-0.15, -0.1) is 11.8 Å². The predicted octanol–water partition coefficient (Wildman–Crippen LogP) is 5.40. The van der Waals surface area contributed by atoms with Crippen LogP contribution in [0.25, 0.3) is 6.08 Å². The van der Waals surface area contributed by atoms with Crippen LogP contribution in [-0.2, 0) is 14.3 Å². The van der Waals surface area contributed by atoms with Crippen molar-refractivity contribution in [3.8, 4) is 0 Å². The summed E-state index contributed by atoms with van der Waals surface area (Å²) in [7, 11) is 0. The maximum Gasteiger partial charge on any atom is 0.338 e. The summed E-state index contributed by atoms with van der Waals surface area (Å²) in [4.78, 5) is 55.2. The third kappa shape index (κ3) is 8.90. The van der Waals surface area contributed by atoms with Crippen LogP contribution in [0.15, 0.2) is 114 Å². The highest BCUT2D eigenvalue weighted by atomic mass is 32.2. The molecule has 0 aliphatic carbocycles. The van der Waals surface area contributed by atoms with Gasteiger partial charge in [-0.2, -0.15) is 0 Å². The van der Waals surface area contributed by atoms with Crippen LogP contribution in [-0.4, -0.2) is 41.0 Å². The van der Waals surface area contributed by atoms with Gasteiger partial charge in [-0.1, -0.05) is 30.3 Å². The third-order valence-electron chi connectivity index (χ3n) is 5.67. The number of ether oxygens (including phenoxy) is 1. The van der Waals surface area contributed by atoms with E-state index in [9.17, 15) is 19.2 Å². The lowest BCUT2D eigenvalue weighted by Gasteiger charge is -2.12. The Kier molecular flexibility index (Phi) is 10.6. The van der Waals surface area contributed by atoms with Crippen molar-refractivity contribution in [1.82, 2.24) is 10.3 Å². The Morgan fingerprint density at radius 2 is 1.62 bits per heavy atom. The Bertz CT molecular complexity index is 1580. The van der Waals surface area contributed by atoms with E-state index in [2.05, 4.69) is 20.9 Å². The van der Waals surface area contributed by atoms with Gasteiger partial charge in [0.15, 0.2) is 0 Å². The van der Waals surface area contributed by atoms with Crippen LogP contribution >= 0.6 is 11.8 Å². The topological polar surface area (TPSA) is 126 Å². The highest BCUT2D eigenvalue weighted by Crippen LogP contribution is 2.23. The maximum absolute atomic E-state index is 13.3. The number of nitrogens with one attached hydrogen (secondary N) is 3. The highest BCUT2D eigenvalue weighted by molar-refractivity contribution is 8.00. The fraction of sp³-hybridized carbons (Fsp3) is 0.0938. The lowest BCUT2D eigenvalue weighted by Crippen LogP contribution is -2.30. The molecule has 0 bridgehead atoms. The Morgan fingerprint density at radius 3 is 2.33 bits per heavy atom. The van der Waals surface area contributed by atoms with Crippen molar-refractivity contribution in [1.29, 1.82) is 0 Å². The molecule has 0 unspecified atom stereocenters. The van der Waals surface area contributed by atoms with E-state index in [0.29, 0.717) is 28.1 Å². The number of pyridine rings is 1. The van der Waals surface area contributed by atoms with Crippen molar-refractivity contribution in [3.05, 3.63) is 126 Å². The summed E-state index contributed by atoms with van der Waals surface area (Å²) in [6.45, 7) is 2.02. The van der Waals surface area contributed by atoms with Gasteiger partial charge in [0.1, 0.15) is 5.70 Å². The largest absolute Gasteiger partial charge is 0.462 e. The number of thioether (sulfide) groups is 1. The molecule has 42 heavy (non-hydrogen) atoms. The number of amides is 3. The molecule has 10 heteroatoms. The molecule has 1 aromatic heterocycles. The van der Waals surface area contributed by atoms with Gasteiger partial charge in [-0.3, -0.25) is 19.4 Å². The van der Waals surface area contributed by atoms with Crippen molar-refractivity contribution in [2.45, 2.75) is 11.8 Å². The van der Waals surface area contributed by atoms with E-state index in [1.165, 1.54) is 11.8 Å². The van der Waals surface area contributed by atoms with Crippen molar-refractivity contribution in [2.75, 3.05) is 23.0 Å². The van der Waals surface area contributed by atoms with Gasteiger partial charge >= 0.3 is 5.97 Å². The van der Waals surface area contributed by atoms with Crippen LogP contribution in [0, 0.1) is 0 Å². The summed E-state index contributed by atoms with van der Waals surface area (Å²) in [5, 5.41) is 8.30. The second kappa shape index (κ2) is 15.0. The lowest BCUT2D eigenvalue weighted by atomic mass is 10.2. The molecule has 0 saturated heterocycles. The summed E-state index contributed by atoms with van der Waals surface area (Å²) in [5.74, 6) is -1.48. The average Bonchev–Trinajstić information content (AvgIpc) is 3.01. The average molecular weight is 581 g/mol. The molecule has 0 saturated carbocycles. The van der Waals surface area contributed by atoms with Gasteiger partial charge in [0.05, 0.1) is 17.9 Å². The second-order valence-electron chi connectivity index (χ2n) is 8.78. The molecule has 3 N–H and O–H groups in total. The van der Waals surface area contributed by atoms with Crippen LogP contribution in [0.4, 0.5) is 11.4 Å². The monoisotopic (exact) mass is 580 g/mol. The van der Waals surface area contributed by atoms with Crippen LogP contribution in [0.2, 0.25) is 0 Å². The first-order valence-electron chi connectivity index (χ1n) is 13.0. The number of hydrogen-bond donors (Lipinski definition) is 3. The molecule has 3 amide bonds. The maximum atomic E-state index is 13.3. The summed E-state index contributed by atoms with van der Waals surface area (Å²) in [6, 6.07) is 25.6. The Labute approximate surface area is 247 Å². The fourth-order valence-corrected chi connectivity index (χ4v) is 4.44. The van der Waals surface area contributed by atoms with E-state index in [1.54, 1.807) is 110 Å². The molecular formula is C32H28N4O5S. The van der Waals surface area contributed by atoms with Gasteiger partial charge < -0.3 is 20.7 Å². The van der Waals surface area contributed by atoms with Gasteiger partial charge in [-0.25, -0.2) is 4.79 Å². The number of nitrogens with zero attached hydrogens (tertiary/aromatic N) is 1. The third-order valence-corrected chi connectivity index (χ3v) is 6.66. The molecule has 0 radical (unpaired) electrons. The normalized spacial score (nSPS) is 10.8. The van der Waals surface area contributed by atoms with Crippen molar-refractivity contribution in [3.63, 3.8) is 0 Å². The van der Waals surface area contributed by atoms with Gasteiger partial charge in [0, 0.05) is 34.2 Å². The van der Waals surface area contributed by atoms with E-state index < -0.39 is 17.8 Å².